The maximum absolute atomic E-state index is 12.9. The van der Waals surface area contributed by atoms with Gasteiger partial charge in [0.1, 0.15) is 6.10 Å². The summed E-state index contributed by atoms with van der Waals surface area (Å²) in [4.78, 5) is 24.6. The van der Waals surface area contributed by atoms with Gasteiger partial charge in [-0.15, -0.1) is 0 Å². The van der Waals surface area contributed by atoms with Crippen molar-refractivity contribution in [1.29, 1.82) is 0 Å². The van der Waals surface area contributed by atoms with Crippen LogP contribution in [0.25, 0.3) is 0 Å². The average Bonchev–Trinajstić information content (AvgIpc) is 2.98. The van der Waals surface area contributed by atoms with Crippen LogP contribution in [0.5, 0.6) is 0 Å². The number of ether oxygens (including phenoxy) is 4. The molecule has 3 rings (SSSR count). The van der Waals surface area contributed by atoms with Gasteiger partial charge in [-0.1, -0.05) is 87.1 Å². The Labute approximate surface area is 263 Å². The van der Waals surface area contributed by atoms with Crippen LogP contribution in [-0.2, 0) is 28.5 Å². The molecule has 2 fully saturated rings. The van der Waals surface area contributed by atoms with Crippen molar-refractivity contribution >= 4 is 11.9 Å². The molecule has 0 spiro atoms. The highest BCUT2D eigenvalue weighted by molar-refractivity contribution is 5.82. The van der Waals surface area contributed by atoms with Gasteiger partial charge in [0.05, 0.1) is 43.0 Å². The quantitative estimate of drug-likeness (QED) is 0.278. The molecule has 9 atom stereocenters. The van der Waals surface area contributed by atoms with Crippen LogP contribution in [0.15, 0.2) is 72.4 Å². The Hall–Kier alpha value is -2.78. The second-order valence-corrected chi connectivity index (χ2v) is 12.5. The number of rotatable bonds is 7. The summed E-state index contributed by atoms with van der Waals surface area (Å²) in [5, 5.41) is 20.5. The lowest BCUT2D eigenvalue weighted by atomic mass is 9.73. The van der Waals surface area contributed by atoms with Gasteiger partial charge < -0.3 is 29.2 Å². The molecule has 0 amide bonds. The van der Waals surface area contributed by atoms with E-state index in [0.29, 0.717) is 31.1 Å². The lowest BCUT2D eigenvalue weighted by Gasteiger charge is -2.47. The van der Waals surface area contributed by atoms with Crippen LogP contribution in [0, 0.1) is 17.3 Å². The van der Waals surface area contributed by atoms with E-state index in [-0.39, 0.29) is 37.9 Å². The molecule has 3 aliphatic rings. The van der Waals surface area contributed by atoms with E-state index in [1.165, 1.54) is 6.08 Å². The minimum Gasteiger partial charge on any atom is -0.464 e. The van der Waals surface area contributed by atoms with Crippen LogP contribution in [-0.4, -0.2) is 72.0 Å². The summed E-state index contributed by atoms with van der Waals surface area (Å²) in [6.07, 6.45) is 21.9. The van der Waals surface area contributed by atoms with Crippen LogP contribution in [0.1, 0.15) is 73.1 Å². The number of aliphatic hydroxyl groups is 2. The summed E-state index contributed by atoms with van der Waals surface area (Å²) < 4.78 is 23.7. The number of aliphatic hydroxyl groups excluding tert-OH is 2. The van der Waals surface area contributed by atoms with Gasteiger partial charge in [0.25, 0.3) is 0 Å². The molecule has 8 heteroatoms. The number of carbonyl (C=O) groups is 2. The van der Waals surface area contributed by atoms with E-state index in [1.807, 2.05) is 37.3 Å². The van der Waals surface area contributed by atoms with Gasteiger partial charge in [0.15, 0.2) is 6.10 Å². The van der Waals surface area contributed by atoms with E-state index in [4.69, 9.17) is 18.9 Å². The summed E-state index contributed by atoms with van der Waals surface area (Å²) in [5.41, 5.74) is 0.297. The number of esters is 2. The summed E-state index contributed by atoms with van der Waals surface area (Å²) in [7, 11) is 0. The number of carbonyl (C=O) groups excluding carboxylic acids is 2. The van der Waals surface area contributed by atoms with E-state index >= 15 is 0 Å². The molecule has 0 aromatic carbocycles. The van der Waals surface area contributed by atoms with Gasteiger partial charge in [-0.3, -0.25) is 0 Å². The van der Waals surface area contributed by atoms with Crippen molar-refractivity contribution in [2.45, 2.75) is 110 Å². The highest BCUT2D eigenvalue weighted by Gasteiger charge is 2.49. The Bertz CT molecular complexity index is 1120. The predicted molar refractivity (Wildman–Crippen MR) is 171 cm³/mol. The predicted octanol–water partition coefficient (Wildman–Crippen LogP) is 5.71. The first kappa shape index (κ1) is 35.7. The van der Waals surface area contributed by atoms with Crippen LogP contribution < -0.4 is 0 Å². The largest absolute Gasteiger partial charge is 0.464 e. The smallest absolute Gasteiger partial charge is 0.335 e. The Kier molecular flexibility index (Phi) is 14.3. The molecule has 0 aliphatic carbocycles. The minimum atomic E-state index is -1.24. The van der Waals surface area contributed by atoms with Crippen molar-refractivity contribution in [1.82, 2.24) is 0 Å². The first-order valence-electron chi connectivity index (χ1n) is 16.0. The molecule has 244 valence electrons. The van der Waals surface area contributed by atoms with Crippen LogP contribution in [0.2, 0.25) is 0 Å². The van der Waals surface area contributed by atoms with Crippen molar-refractivity contribution in [2.75, 3.05) is 13.2 Å². The number of allylic oxidation sites excluding steroid dienone is 6. The number of fused-ring (bicyclic) bond motifs is 4. The van der Waals surface area contributed by atoms with Crippen molar-refractivity contribution in [3.63, 3.8) is 0 Å². The Morgan fingerprint density at radius 1 is 1.14 bits per heavy atom. The van der Waals surface area contributed by atoms with Crippen LogP contribution in [0.4, 0.5) is 0 Å². The van der Waals surface area contributed by atoms with Gasteiger partial charge in [-0.05, 0) is 51.4 Å². The van der Waals surface area contributed by atoms with Crippen molar-refractivity contribution in [3.8, 4) is 0 Å². The molecule has 0 radical (unpaired) electrons. The lowest BCUT2D eigenvalue weighted by molar-refractivity contribution is -0.198. The fourth-order valence-corrected chi connectivity index (χ4v) is 5.92. The molecular formula is C36H52O8. The molecule has 3 aliphatic heterocycles. The van der Waals surface area contributed by atoms with E-state index < -0.39 is 35.7 Å². The molecule has 0 saturated carbocycles. The SMILES string of the molecule is CCOC(=O)[C@@H](O)C/C=C\C[C@@H]1O[C@@H]2C=CC/C=C/C(C)=C\[C@H]3O[C@@H](C/C=C/C=C/C(=O)O[C@H](C2)[C@@]1(C)CO)C[C@H](C)[C@H]3C. The average molecular weight is 613 g/mol. The molecule has 0 aromatic heterocycles. The van der Waals surface area contributed by atoms with E-state index in [0.717, 1.165) is 18.4 Å². The lowest BCUT2D eigenvalue weighted by Crippen LogP contribution is -2.55. The minimum absolute atomic E-state index is 0.0567. The van der Waals surface area contributed by atoms with Crippen molar-refractivity contribution in [3.05, 3.63) is 72.4 Å². The standard InChI is InChI=1S/C36H52O8/c1-6-41-35(40)30(38)18-13-14-19-32-36(5,24-37)33-23-29(43-32)17-10-7-9-15-25(2)21-31-27(4)26(3)22-28(42-31)16-11-8-12-20-34(39)44-33/h8-15,17,20-21,26-33,37-38H,6-7,16,18-19,22-24H2,1-5H3/b11-8+,14-13-,15-9+,17-10?,20-12+,25-21-/t26-,27+,28-,29+,30-,31+,32-,33+,36-/m0/s1. The van der Waals surface area contributed by atoms with Crippen LogP contribution >= 0.6 is 0 Å². The second-order valence-electron chi connectivity index (χ2n) is 12.5. The Morgan fingerprint density at radius 2 is 1.93 bits per heavy atom. The Morgan fingerprint density at radius 3 is 2.68 bits per heavy atom. The molecular weight excluding hydrogens is 560 g/mol. The first-order valence-corrected chi connectivity index (χ1v) is 16.0. The Balaban J connectivity index is 1.80. The number of hydrogen-bond donors (Lipinski definition) is 2. The van der Waals surface area contributed by atoms with Crippen molar-refractivity contribution < 1.29 is 38.7 Å². The zero-order chi connectivity index (χ0) is 32.1. The van der Waals surface area contributed by atoms with Gasteiger partial charge in [0, 0.05) is 18.9 Å². The maximum Gasteiger partial charge on any atom is 0.335 e. The maximum atomic E-state index is 12.9. The third-order valence-electron chi connectivity index (χ3n) is 9.00. The molecule has 4 bridgehead atoms. The highest BCUT2D eigenvalue weighted by Crippen LogP contribution is 2.41. The van der Waals surface area contributed by atoms with Crippen LogP contribution in [0.3, 0.4) is 0 Å². The van der Waals surface area contributed by atoms with Gasteiger partial charge >= 0.3 is 11.9 Å². The third-order valence-corrected chi connectivity index (χ3v) is 9.00. The van der Waals surface area contributed by atoms with E-state index in [9.17, 15) is 19.8 Å². The zero-order valence-electron chi connectivity index (χ0n) is 27.0. The zero-order valence-corrected chi connectivity index (χ0v) is 27.0. The fraction of sp³-hybridized carbons (Fsp3) is 0.611. The van der Waals surface area contributed by atoms with Crippen molar-refractivity contribution in [2.24, 2.45) is 17.3 Å². The normalized spacial score (nSPS) is 37.7. The summed E-state index contributed by atoms with van der Waals surface area (Å²) in [6.45, 7) is 10.1. The topological polar surface area (TPSA) is 112 Å². The second kappa shape index (κ2) is 17.6. The molecule has 2 saturated heterocycles. The van der Waals surface area contributed by atoms with E-state index in [1.54, 1.807) is 19.1 Å². The van der Waals surface area contributed by atoms with Gasteiger partial charge in [-0.2, -0.15) is 0 Å². The van der Waals surface area contributed by atoms with Gasteiger partial charge in [0.2, 0.25) is 0 Å². The molecule has 0 unspecified atom stereocenters. The molecule has 44 heavy (non-hydrogen) atoms. The van der Waals surface area contributed by atoms with E-state index in [2.05, 4.69) is 39.0 Å². The summed E-state index contributed by atoms with van der Waals surface area (Å²) >= 11 is 0. The number of hydrogen-bond acceptors (Lipinski definition) is 8. The molecule has 3 heterocycles. The summed E-state index contributed by atoms with van der Waals surface area (Å²) in [6, 6.07) is 0. The molecule has 2 N–H and O–H groups in total. The fourth-order valence-electron chi connectivity index (χ4n) is 5.92. The molecule has 8 nitrogen and oxygen atoms in total. The first-order chi connectivity index (χ1) is 21.1. The monoisotopic (exact) mass is 612 g/mol. The third kappa shape index (κ3) is 10.4. The molecule has 0 aromatic rings. The van der Waals surface area contributed by atoms with Gasteiger partial charge in [-0.25, -0.2) is 9.59 Å². The summed E-state index contributed by atoms with van der Waals surface area (Å²) in [5.74, 6) is -0.173. The highest BCUT2D eigenvalue weighted by atomic mass is 16.6.